The monoisotopic (exact) mass is 302 g/mol. The van der Waals surface area contributed by atoms with E-state index >= 15 is 0 Å². The van der Waals surface area contributed by atoms with Crippen molar-refractivity contribution in [1.29, 1.82) is 0 Å². The molecule has 0 aromatic heterocycles. The molecule has 0 aliphatic carbocycles. The molecule has 5 nitrogen and oxygen atoms in total. The molecule has 0 aromatic rings. The van der Waals surface area contributed by atoms with Gasteiger partial charge in [-0.1, -0.05) is 64.7 Å². The van der Waals surface area contributed by atoms with E-state index in [9.17, 15) is 14.7 Å². The van der Waals surface area contributed by atoms with E-state index in [-0.39, 0.29) is 6.42 Å². The molecule has 1 atom stereocenters. The third-order valence-electron chi connectivity index (χ3n) is 3.79. The highest BCUT2D eigenvalue weighted by molar-refractivity contribution is 5.83. The Labute approximate surface area is 127 Å². The molecule has 0 aromatic carbocycles. The van der Waals surface area contributed by atoms with Gasteiger partial charge in [-0.25, -0.2) is 4.79 Å². The van der Waals surface area contributed by atoms with Gasteiger partial charge in [-0.3, -0.25) is 4.79 Å². The Hall–Kier alpha value is -1.10. The number of rotatable bonds is 14. The van der Waals surface area contributed by atoms with Crippen LogP contribution in [-0.2, 0) is 9.59 Å². The predicted molar refractivity (Wildman–Crippen MR) is 81.3 cm³/mol. The Morgan fingerprint density at radius 3 is 1.62 bits per heavy atom. The van der Waals surface area contributed by atoms with Gasteiger partial charge in [0.05, 0.1) is 6.42 Å². The first-order valence-corrected chi connectivity index (χ1v) is 8.10. The van der Waals surface area contributed by atoms with Crippen molar-refractivity contribution in [1.82, 2.24) is 0 Å². The van der Waals surface area contributed by atoms with E-state index in [4.69, 9.17) is 10.2 Å². The van der Waals surface area contributed by atoms with Crippen molar-refractivity contribution in [2.45, 2.75) is 89.6 Å². The van der Waals surface area contributed by atoms with Crippen LogP contribution in [-0.4, -0.2) is 32.9 Å². The van der Waals surface area contributed by atoms with Gasteiger partial charge in [0.25, 0.3) is 0 Å². The molecule has 0 radical (unpaired) electrons. The van der Waals surface area contributed by atoms with E-state index in [1.165, 1.54) is 38.5 Å². The summed E-state index contributed by atoms with van der Waals surface area (Å²) in [6.07, 6.45) is 10.4. The van der Waals surface area contributed by atoms with Gasteiger partial charge in [0, 0.05) is 0 Å². The van der Waals surface area contributed by atoms with Crippen molar-refractivity contribution >= 4 is 11.9 Å². The van der Waals surface area contributed by atoms with Crippen LogP contribution in [0.25, 0.3) is 0 Å². The normalized spacial score (nSPS) is 13.8. The van der Waals surface area contributed by atoms with Crippen LogP contribution in [0.3, 0.4) is 0 Å². The van der Waals surface area contributed by atoms with Crippen LogP contribution in [0.4, 0.5) is 0 Å². The standard InChI is InChI=1S/C16H30O5/c1-2-3-4-5-6-7-8-9-10-11-12-16(21,15(19)20)13-14(17)18/h21H,2-13H2,1H3,(H,17,18)(H,19,20). The molecular weight excluding hydrogens is 272 g/mol. The summed E-state index contributed by atoms with van der Waals surface area (Å²) in [4.78, 5) is 21.5. The molecule has 0 bridgehead atoms. The van der Waals surface area contributed by atoms with Gasteiger partial charge >= 0.3 is 11.9 Å². The molecular formula is C16H30O5. The van der Waals surface area contributed by atoms with E-state index < -0.39 is 24.0 Å². The molecule has 3 N–H and O–H groups in total. The van der Waals surface area contributed by atoms with Crippen molar-refractivity contribution in [3.63, 3.8) is 0 Å². The van der Waals surface area contributed by atoms with Crippen LogP contribution < -0.4 is 0 Å². The predicted octanol–water partition coefficient (Wildman–Crippen LogP) is 3.59. The summed E-state index contributed by atoms with van der Waals surface area (Å²) in [5.41, 5.74) is -2.12. The number of carboxylic acid groups (broad SMARTS) is 2. The summed E-state index contributed by atoms with van der Waals surface area (Å²) < 4.78 is 0. The maximum atomic E-state index is 10.9. The molecule has 0 fully saturated rings. The average molecular weight is 302 g/mol. The Bertz CT molecular complexity index is 303. The van der Waals surface area contributed by atoms with Gasteiger partial charge in [-0.2, -0.15) is 0 Å². The summed E-state index contributed by atoms with van der Waals surface area (Å²) in [5, 5.41) is 27.3. The third-order valence-corrected chi connectivity index (χ3v) is 3.79. The molecule has 0 aliphatic heterocycles. The Morgan fingerprint density at radius 2 is 1.24 bits per heavy atom. The molecule has 0 aliphatic rings. The maximum absolute atomic E-state index is 10.9. The minimum Gasteiger partial charge on any atom is -0.481 e. The van der Waals surface area contributed by atoms with E-state index in [1.54, 1.807) is 0 Å². The number of carboxylic acids is 2. The molecule has 124 valence electrons. The molecule has 0 spiro atoms. The lowest BCUT2D eigenvalue weighted by molar-refractivity contribution is -0.166. The Morgan fingerprint density at radius 1 is 0.810 bits per heavy atom. The summed E-state index contributed by atoms with van der Waals surface area (Å²) in [6.45, 7) is 2.20. The zero-order valence-electron chi connectivity index (χ0n) is 13.1. The zero-order valence-corrected chi connectivity index (χ0v) is 13.1. The molecule has 1 unspecified atom stereocenters. The van der Waals surface area contributed by atoms with E-state index in [0.29, 0.717) is 6.42 Å². The van der Waals surface area contributed by atoms with Gasteiger partial charge in [0.15, 0.2) is 5.60 Å². The van der Waals surface area contributed by atoms with Gasteiger partial charge in [-0.15, -0.1) is 0 Å². The number of unbranched alkanes of at least 4 members (excludes halogenated alkanes) is 9. The van der Waals surface area contributed by atoms with Gasteiger partial charge in [0.1, 0.15) is 0 Å². The van der Waals surface area contributed by atoms with Crippen LogP contribution in [0, 0.1) is 0 Å². The molecule has 0 saturated carbocycles. The van der Waals surface area contributed by atoms with Crippen molar-refractivity contribution < 1.29 is 24.9 Å². The topological polar surface area (TPSA) is 94.8 Å². The molecule has 0 rings (SSSR count). The molecule has 0 saturated heterocycles. The fourth-order valence-electron chi connectivity index (χ4n) is 2.43. The largest absolute Gasteiger partial charge is 0.481 e. The maximum Gasteiger partial charge on any atom is 0.336 e. The summed E-state index contributed by atoms with van der Waals surface area (Å²) in [6, 6.07) is 0. The fraction of sp³-hybridized carbons (Fsp3) is 0.875. The van der Waals surface area contributed by atoms with E-state index in [0.717, 1.165) is 19.3 Å². The minimum atomic E-state index is -2.12. The Kier molecular flexibility index (Phi) is 10.9. The fourth-order valence-corrected chi connectivity index (χ4v) is 2.43. The molecule has 21 heavy (non-hydrogen) atoms. The summed E-state index contributed by atoms with van der Waals surface area (Å²) in [7, 11) is 0. The van der Waals surface area contributed by atoms with Gasteiger partial charge in [0.2, 0.25) is 0 Å². The van der Waals surface area contributed by atoms with Gasteiger partial charge < -0.3 is 15.3 Å². The minimum absolute atomic E-state index is 0.00509. The van der Waals surface area contributed by atoms with E-state index in [1.807, 2.05) is 0 Å². The Balaban J connectivity index is 3.64. The van der Waals surface area contributed by atoms with Crippen molar-refractivity contribution in [3.8, 4) is 0 Å². The smallest absolute Gasteiger partial charge is 0.336 e. The van der Waals surface area contributed by atoms with Crippen LogP contribution in [0.15, 0.2) is 0 Å². The number of aliphatic hydroxyl groups is 1. The molecule has 0 amide bonds. The number of hydrogen-bond acceptors (Lipinski definition) is 3. The second kappa shape index (κ2) is 11.5. The lowest BCUT2D eigenvalue weighted by atomic mass is 9.92. The first-order valence-electron chi connectivity index (χ1n) is 8.10. The summed E-state index contributed by atoms with van der Waals surface area (Å²) >= 11 is 0. The van der Waals surface area contributed by atoms with Crippen molar-refractivity contribution in [3.05, 3.63) is 0 Å². The number of hydrogen-bond donors (Lipinski definition) is 3. The SMILES string of the molecule is CCCCCCCCCCCCC(O)(CC(=O)O)C(=O)O. The van der Waals surface area contributed by atoms with E-state index in [2.05, 4.69) is 6.92 Å². The lowest BCUT2D eigenvalue weighted by Gasteiger charge is -2.21. The highest BCUT2D eigenvalue weighted by Gasteiger charge is 2.37. The highest BCUT2D eigenvalue weighted by Crippen LogP contribution is 2.21. The first-order chi connectivity index (χ1) is 9.92. The lowest BCUT2D eigenvalue weighted by Crippen LogP contribution is -2.40. The third kappa shape index (κ3) is 10.3. The summed E-state index contributed by atoms with van der Waals surface area (Å²) in [5.74, 6) is -2.73. The van der Waals surface area contributed by atoms with Crippen LogP contribution in [0.2, 0.25) is 0 Å². The highest BCUT2D eigenvalue weighted by atomic mass is 16.4. The van der Waals surface area contributed by atoms with Crippen molar-refractivity contribution in [2.24, 2.45) is 0 Å². The van der Waals surface area contributed by atoms with Gasteiger partial charge in [-0.05, 0) is 12.8 Å². The average Bonchev–Trinajstić information content (AvgIpc) is 2.40. The van der Waals surface area contributed by atoms with Crippen molar-refractivity contribution in [2.75, 3.05) is 0 Å². The molecule has 5 heteroatoms. The van der Waals surface area contributed by atoms with Crippen LogP contribution in [0.5, 0.6) is 0 Å². The second-order valence-corrected chi connectivity index (χ2v) is 5.84. The number of carbonyl (C=O) groups is 2. The van der Waals surface area contributed by atoms with Crippen LogP contribution >= 0.6 is 0 Å². The first kappa shape index (κ1) is 19.9. The quantitative estimate of drug-likeness (QED) is 0.426. The molecule has 0 heterocycles. The number of aliphatic carboxylic acids is 2. The zero-order chi connectivity index (χ0) is 16.1. The van der Waals surface area contributed by atoms with Crippen LogP contribution in [0.1, 0.15) is 84.0 Å². The second-order valence-electron chi connectivity index (χ2n) is 5.84.